The fraction of sp³-hybridized carbons (Fsp3) is 0.200. The van der Waals surface area contributed by atoms with E-state index in [0.717, 1.165) is 5.56 Å². The highest BCUT2D eigenvalue weighted by Crippen LogP contribution is 2.30. The monoisotopic (exact) mass is 381 g/mol. The maximum absolute atomic E-state index is 12.2. The summed E-state index contributed by atoms with van der Waals surface area (Å²) < 4.78 is 4.85. The Morgan fingerprint density at radius 2 is 1.93 bits per heavy atom. The van der Waals surface area contributed by atoms with Crippen LogP contribution in [0.2, 0.25) is 0 Å². The number of hydrogen-bond acceptors (Lipinski definition) is 6. The molecular formula is C20H19N3O5. The Morgan fingerprint density at radius 1 is 1.21 bits per heavy atom. The molecule has 0 aliphatic carbocycles. The van der Waals surface area contributed by atoms with Crippen LogP contribution in [0.3, 0.4) is 0 Å². The fourth-order valence-electron chi connectivity index (χ4n) is 3.00. The van der Waals surface area contributed by atoms with Crippen molar-refractivity contribution in [1.82, 2.24) is 10.2 Å². The number of nitro groups is 1. The molecule has 0 aromatic heterocycles. The third-order valence-corrected chi connectivity index (χ3v) is 4.33. The van der Waals surface area contributed by atoms with Crippen molar-refractivity contribution >= 4 is 17.6 Å². The molecule has 1 aliphatic heterocycles. The number of methoxy groups -OCH3 is 1. The fourth-order valence-corrected chi connectivity index (χ4v) is 3.00. The third kappa shape index (κ3) is 4.35. The number of nitrogens with zero attached hydrogens (tertiary/aromatic N) is 2. The van der Waals surface area contributed by atoms with Crippen molar-refractivity contribution in [1.29, 1.82) is 0 Å². The first kappa shape index (κ1) is 19.1. The minimum Gasteiger partial charge on any atom is -0.467 e. The Labute approximate surface area is 161 Å². The average molecular weight is 381 g/mol. The lowest BCUT2D eigenvalue weighted by atomic mass is 10.0. The molecule has 0 saturated heterocycles. The van der Waals surface area contributed by atoms with E-state index < -0.39 is 16.9 Å². The number of nitrogens with one attached hydrogen (secondary N) is 1. The number of esters is 1. The zero-order valence-corrected chi connectivity index (χ0v) is 15.2. The molecule has 1 N–H and O–H groups in total. The number of amides is 1. The van der Waals surface area contributed by atoms with Crippen molar-refractivity contribution in [3.05, 3.63) is 87.7 Å². The normalized spacial score (nSPS) is 13.8. The van der Waals surface area contributed by atoms with Crippen LogP contribution in [0.1, 0.15) is 17.2 Å². The van der Waals surface area contributed by atoms with Gasteiger partial charge in [0, 0.05) is 18.3 Å². The minimum absolute atomic E-state index is 0.104. The van der Waals surface area contributed by atoms with Gasteiger partial charge in [-0.05, 0) is 11.1 Å². The van der Waals surface area contributed by atoms with Crippen LogP contribution in [0.25, 0.3) is 0 Å². The van der Waals surface area contributed by atoms with Crippen molar-refractivity contribution in [3.8, 4) is 0 Å². The Bertz CT molecular complexity index is 926. The highest BCUT2D eigenvalue weighted by atomic mass is 16.6. The van der Waals surface area contributed by atoms with E-state index in [1.54, 1.807) is 17.2 Å². The Morgan fingerprint density at radius 3 is 2.57 bits per heavy atom. The summed E-state index contributed by atoms with van der Waals surface area (Å²) in [7, 11) is 1.26. The van der Waals surface area contributed by atoms with E-state index in [9.17, 15) is 19.7 Å². The van der Waals surface area contributed by atoms with E-state index in [-0.39, 0.29) is 18.0 Å². The molecule has 0 bridgehead atoms. The molecule has 2 aromatic rings. The molecule has 8 heteroatoms. The lowest BCUT2D eigenvalue weighted by Gasteiger charge is -2.36. The van der Waals surface area contributed by atoms with Crippen LogP contribution in [0.5, 0.6) is 0 Å². The molecule has 1 atom stereocenters. The molecule has 1 amide bonds. The highest BCUT2D eigenvalue weighted by Gasteiger charge is 2.33. The topological polar surface area (TPSA) is 102 Å². The second-order valence-electron chi connectivity index (χ2n) is 6.32. The summed E-state index contributed by atoms with van der Waals surface area (Å²) in [5, 5.41) is 13.8. The number of nitro benzene ring substituents is 1. The van der Waals surface area contributed by atoms with E-state index in [2.05, 4.69) is 5.32 Å². The summed E-state index contributed by atoms with van der Waals surface area (Å²) in [6.07, 6.45) is 1.90. The van der Waals surface area contributed by atoms with Crippen LogP contribution in [-0.4, -0.2) is 35.4 Å². The zero-order chi connectivity index (χ0) is 20.1. The maximum atomic E-state index is 12.2. The lowest BCUT2D eigenvalue weighted by Crippen LogP contribution is -2.43. The van der Waals surface area contributed by atoms with Gasteiger partial charge in [-0.2, -0.15) is 0 Å². The van der Waals surface area contributed by atoms with Crippen molar-refractivity contribution in [2.75, 3.05) is 13.7 Å². The predicted octanol–water partition coefficient (Wildman–Crippen LogP) is 2.32. The molecule has 28 heavy (non-hydrogen) atoms. The molecule has 3 rings (SSSR count). The summed E-state index contributed by atoms with van der Waals surface area (Å²) in [5.74, 6) is -0.687. The van der Waals surface area contributed by atoms with E-state index in [0.29, 0.717) is 17.8 Å². The second-order valence-corrected chi connectivity index (χ2v) is 6.32. The molecule has 0 saturated carbocycles. The third-order valence-electron chi connectivity index (χ3n) is 4.33. The van der Waals surface area contributed by atoms with Gasteiger partial charge >= 0.3 is 5.97 Å². The van der Waals surface area contributed by atoms with Crippen molar-refractivity contribution in [2.45, 2.75) is 12.5 Å². The lowest BCUT2D eigenvalue weighted by molar-refractivity contribution is -0.384. The molecule has 0 radical (unpaired) electrons. The van der Waals surface area contributed by atoms with Crippen LogP contribution in [0.15, 0.2) is 66.5 Å². The van der Waals surface area contributed by atoms with Gasteiger partial charge in [0.1, 0.15) is 0 Å². The van der Waals surface area contributed by atoms with Crippen LogP contribution >= 0.6 is 0 Å². The zero-order valence-electron chi connectivity index (χ0n) is 15.2. The Hall–Kier alpha value is -3.68. The first-order chi connectivity index (χ1) is 13.5. The first-order valence-electron chi connectivity index (χ1n) is 8.60. The van der Waals surface area contributed by atoms with Crippen LogP contribution in [0, 0.1) is 10.1 Å². The molecule has 144 valence electrons. The largest absolute Gasteiger partial charge is 0.467 e. The molecular weight excluding hydrogens is 362 g/mol. The summed E-state index contributed by atoms with van der Waals surface area (Å²) >= 11 is 0. The average Bonchev–Trinajstić information content (AvgIpc) is 2.67. The molecule has 2 aromatic carbocycles. The van der Waals surface area contributed by atoms with Crippen molar-refractivity contribution in [2.24, 2.45) is 0 Å². The maximum Gasteiger partial charge on any atom is 0.333 e. The molecule has 1 unspecified atom stereocenters. The number of benzene rings is 2. The quantitative estimate of drug-likeness (QED) is 0.449. The molecule has 0 spiro atoms. The van der Waals surface area contributed by atoms with E-state index >= 15 is 0 Å². The molecule has 8 nitrogen and oxygen atoms in total. The molecule has 0 fully saturated rings. The van der Waals surface area contributed by atoms with E-state index in [4.69, 9.17) is 4.74 Å². The number of carbonyl (C=O) groups is 2. The summed E-state index contributed by atoms with van der Waals surface area (Å²) in [6.45, 7) is 0.322. The van der Waals surface area contributed by atoms with Crippen molar-refractivity contribution in [3.63, 3.8) is 0 Å². The van der Waals surface area contributed by atoms with Gasteiger partial charge in [0.2, 0.25) is 5.91 Å². The second kappa shape index (κ2) is 8.34. The minimum atomic E-state index is -0.820. The van der Waals surface area contributed by atoms with Gasteiger partial charge < -0.3 is 15.0 Å². The van der Waals surface area contributed by atoms with Crippen LogP contribution in [-0.2, 0) is 20.7 Å². The van der Waals surface area contributed by atoms with Crippen LogP contribution in [0.4, 0.5) is 5.69 Å². The smallest absolute Gasteiger partial charge is 0.333 e. The number of ether oxygens (including phenoxy) is 1. The highest BCUT2D eigenvalue weighted by molar-refractivity contribution is 5.81. The molecule has 1 aliphatic rings. The Balaban J connectivity index is 1.70. The predicted molar refractivity (Wildman–Crippen MR) is 101 cm³/mol. The first-order valence-corrected chi connectivity index (χ1v) is 8.60. The number of carbonyl (C=O) groups excluding carboxylic acids is 2. The van der Waals surface area contributed by atoms with Gasteiger partial charge in [0.15, 0.2) is 6.04 Å². The summed E-state index contributed by atoms with van der Waals surface area (Å²) in [5.41, 5.74) is 1.92. The number of rotatable bonds is 7. The summed E-state index contributed by atoms with van der Waals surface area (Å²) in [6, 6.07) is 14.4. The Kier molecular flexibility index (Phi) is 5.69. The van der Waals surface area contributed by atoms with Gasteiger partial charge in [-0.25, -0.2) is 4.79 Å². The number of hydrogen-bond donors (Lipinski definition) is 1. The SMILES string of the molecule is COC(=O)C(c1cccc([N+](=O)[O-])c1)N1C=C(NC(=O)Cc2ccccc2)C1. The van der Waals surface area contributed by atoms with Gasteiger partial charge in [0.25, 0.3) is 5.69 Å². The van der Waals surface area contributed by atoms with Crippen molar-refractivity contribution < 1.29 is 19.2 Å². The number of non-ortho nitro benzene ring substituents is 1. The van der Waals surface area contributed by atoms with E-state index in [1.165, 1.54) is 25.3 Å². The van der Waals surface area contributed by atoms with Gasteiger partial charge in [0.05, 0.1) is 30.7 Å². The van der Waals surface area contributed by atoms with E-state index in [1.807, 2.05) is 30.3 Å². The van der Waals surface area contributed by atoms with Gasteiger partial charge in [-0.3, -0.25) is 14.9 Å². The van der Waals surface area contributed by atoms with Gasteiger partial charge in [-0.15, -0.1) is 0 Å². The van der Waals surface area contributed by atoms with Gasteiger partial charge in [-0.1, -0.05) is 42.5 Å². The van der Waals surface area contributed by atoms with Crippen LogP contribution < -0.4 is 5.32 Å². The summed E-state index contributed by atoms with van der Waals surface area (Å²) in [4.78, 5) is 36.5. The molecule has 1 heterocycles. The standard InChI is InChI=1S/C20H19N3O5/c1-28-20(25)19(15-8-5-9-17(11-15)23(26)27)22-12-16(13-22)21-18(24)10-14-6-3-2-4-7-14/h2-9,11-12,19H,10,13H2,1H3,(H,21,24).